The third kappa shape index (κ3) is 3.21. The molecule has 1 amide bonds. The van der Waals surface area contributed by atoms with Gasteiger partial charge in [-0.05, 0) is 37.2 Å². The van der Waals surface area contributed by atoms with E-state index < -0.39 is 11.7 Å². The molecule has 0 spiro atoms. The van der Waals surface area contributed by atoms with Gasteiger partial charge in [-0.25, -0.2) is 4.39 Å². The summed E-state index contributed by atoms with van der Waals surface area (Å²) in [6, 6.07) is 2.38. The van der Waals surface area contributed by atoms with Crippen molar-refractivity contribution in [3.8, 4) is 5.75 Å². The van der Waals surface area contributed by atoms with Crippen LogP contribution >= 0.6 is 0 Å². The molecule has 1 aromatic rings. The number of carbonyl (C=O) groups is 1. The molecule has 110 valence electrons. The molecule has 5 heteroatoms. The Balaban J connectivity index is 2.14. The number of nitrogens with two attached hydrogens (primary N) is 2. The van der Waals surface area contributed by atoms with E-state index in [2.05, 4.69) is 13.8 Å². The molecule has 0 unspecified atom stereocenters. The van der Waals surface area contributed by atoms with Crippen LogP contribution in [0.25, 0.3) is 0 Å². The Morgan fingerprint density at radius 3 is 2.50 bits per heavy atom. The van der Waals surface area contributed by atoms with Crippen molar-refractivity contribution in [1.82, 2.24) is 0 Å². The number of nitrogen functional groups attached to an aromatic ring is 1. The summed E-state index contributed by atoms with van der Waals surface area (Å²) in [6.45, 7) is 4.44. The minimum absolute atomic E-state index is 0.0260. The lowest BCUT2D eigenvalue weighted by Crippen LogP contribution is -2.28. The Hall–Kier alpha value is -1.78. The van der Waals surface area contributed by atoms with E-state index in [4.69, 9.17) is 16.2 Å². The van der Waals surface area contributed by atoms with Gasteiger partial charge in [-0.1, -0.05) is 13.8 Å². The number of hydrogen-bond acceptors (Lipinski definition) is 3. The Labute approximate surface area is 118 Å². The van der Waals surface area contributed by atoms with Gasteiger partial charge in [0.2, 0.25) is 0 Å². The lowest BCUT2D eigenvalue weighted by molar-refractivity contribution is 0.0944. The van der Waals surface area contributed by atoms with Crippen LogP contribution in [0.5, 0.6) is 5.75 Å². The number of rotatable bonds is 3. The second-order valence-corrected chi connectivity index (χ2v) is 6.22. The van der Waals surface area contributed by atoms with Crippen molar-refractivity contribution in [2.45, 2.75) is 45.6 Å². The van der Waals surface area contributed by atoms with E-state index in [0.717, 1.165) is 31.7 Å². The fraction of sp³-hybridized carbons (Fsp3) is 0.533. The predicted molar refractivity (Wildman–Crippen MR) is 76.0 cm³/mol. The molecule has 0 atom stereocenters. The first-order chi connectivity index (χ1) is 9.28. The first-order valence-electron chi connectivity index (χ1n) is 6.84. The molecule has 0 aromatic heterocycles. The van der Waals surface area contributed by atoms with Crippen molar-refractivity contribution in [2.24, 2.45) is 11.1 Å². The van der Waals surface area contributed by atoms with E-state index in [1.165, 1.54) is 6.07 Å². The van der Waals surface area contributed by atoms with Crippen molar-refractivity contribution in [3.05, 3.63) is 23.5 Å². The molecule has 2 rings (SSSR count). The molecule has 4 N–H and O–H groups in total. The molecule has 4 nitrogen and oxygen atoms in total. The highest BCUT2D eigenvalue weighted by Gasteiger charge is 2.28. The number of hydrogen-bond donors (Lipinski definition) is 2. The molecular formula is C15H21FN2O2. The maximum atomic E-state index is 13.8. The second kappa shape index (κ2) is 5.31. The maximum Gasteiger partial charge on any atom is 0.250 e. The predicted octanol–water partition coefficient (Wildman–Crippen LogP) is 2.85. The second-order valence-electron chi connectivity index (χ2n) is 6.22. The molecule has 1 fully saturated rings. The van der Waals surface area contributed by atoms with Gasteiger partial charge in [0.1, 0.15) is 0 Å². The number of ether oxygens (including phenoxy) is 1. The van der Waals surface area contributed by atoms with Gasteiger partial charge in [-0.3, -0.25) is 4.79 Å². The van der Waals surface area contributed by atoms with Gasteiger partial charge in [-0.15, -0.1) is 0 Å². The third-order valence-corrected chi connectivity index (χ3v) is 3.95. The van der Waals surface area contributed by atoms with Crippen LogP contribution in [-0.2, 0) is 0 Å². The third-order valence-electron chi connectivity index (χ3n) is 3.95. The maximum absolute atomic E-state index is 13.8. The molecule has 0 heterocycles. The van der Waals surface area contributed by atoms with Gasteiger partial charge in [0.05, 0.1) is 11.7 Å². The van der Waals surface area contributed by atoms with Gasteiger partial charge in [0.25, 0.3) is 5.91 Å². The number of halogens is 1. The lowest BCUT2D eigenvalue weighted by atomic mass is 9.76. The van der Waals surface area contributed by atoms with E-state index in [0.29, 0.717) is 5.41 Å². The molecule has 0 radical (unpaired) electrons. The monoisotopic (exact) mass is 280 g/mol. The minimum Gasteiger partial charge on any atom is -0.487 e. The van der Waals surface area contributed by atoms with Crippen LogP contribution in [0.15, 0.2) is 12.1 Å². The summed E-state index contributed by atoms with van der Waals surface area (Å²) >= 11 is 0. The molecule has 1 aliphatic rings. The minimum atomic E-state index is -0.683. The van der Waals surface area contributed by atoms with Gasteiger partial charge < -0.3 is 16.2 Å². The standard InChI is InChI=1S/C15H21FN2O2/c1-15(2)5-3-9(4-6-15)20-13-7-10(14(18)19)12(17)8-11(13)16/h7-9H,3-6,17H2,1-2H3,(H2,18,19). The molecule has 1 aromatic carbocycles. The zero-order valence-corrected chi connectivity index (χ0v) is 11.9. The van der Waals surface area contributed by atoms with E-state index in [1.54, 1.807) is 0 Å². The average Bonchev–Trinajstić information content (AvgIpc) is 2.34. The average molecular weight is 280 g/mol. The van der Waals surface area contributed by atoms with Crippen molar-refractivity contribution in [3.63, 3.8) is 0 Å². The van der Waals surface area contributed by atoms with Crippen molar-refractivity contribution < 1.29 is 13.9 Å². The van der Waals surface area contributed by atoms with E-state index in [9.17, 15) is 9.18 Å². The van der Waals surface area contributed by atoms with E-state index in [-0.39, 0.29) is 23.1 Å². The van der Waals surface area contributed by atoms with Gasteiger partial charge in [-0.2, -0.15) is 0 Å². The summed E-state index contributed by atoms with van der Waals surface area (Å²) in [5, 5.41) is 0. The van der Waals surface area contributed by atoms with Crippen molar-refractivity contribution in [2.75, 3.05) is 5.73 Å². The number of primary amides is 1. The number of amides is 1. The van der Waals surface area contributed by atoms with Gasteiger partial charge in [0.15, 0.2) is 11.6 Å². The summed E-state index contributed by atoms with van der Waals surface area (Å²) in [7, 11) is 0. The van der Waals surface area contributed by atoms with Gasteiger partial charge in [0, 0.05) is 11.8 Å². The smallest absolute Gasteiger partial charge is 0.250 e. The number of carbonyl (C=O) groups excluding carboxylic acids is 1. The Morgan fingerprint density at radius 2 is 1.95 bits per heavy atom. The van der Waals surface area contributed by atoms with Crippen LogP contribution in [-0.4, -0.2) is 12.0 Å². The topological polar surface area (TPSA) is 78.3 Å². The molecule has 0 aliphatic heterocycles. The van der Waals surface area contributed by atoms with Crippen molar-refractivity contribution >= 4 is 11.6 Å². The molecule has 20 heavy (non-hydrogen) atoms. The van der Waals surface area contributed by atoms with Gasteiger partial charge >= 0.3 is 0 Å². The highest BCUT2D eigenvalue weighted by Crippen LogP contribution is 2.37. The number of benzene rings is 1. The van der Waals surface area contributed by atoms with Crippen molar-refractivity contribution in [1.29, 1.82) is 0 Å². The SMILES string of the molecule is CC1(C)CCC(Oc2cc(C(N)=O)c(N)cc2F)CC1. The highest BCUT2D eigenvalue weighted by molar-refractivity contribution is 5.98. The zero-order valence-electron chi connectivity index (χ0n) is 11.9. The number of anilines is 1. The largest absolute Gasteiger partial charge is 0.487 e. The van der Waals surface area contributed by atoms with Crippen LogP contribution in [0, 0.1) is 11.2 Å². The van der Waals surface area contributed by atoms with Crippen LogP contribution in [0.1, 0.15) is 49.9 Å². The molecular weight excluding hydrogens is 259 g/mol. The first-order valence-corrected chi connectivity index (χ1v) is 6.84. The Kier molecular flexibility index (Phi) is 3.88. The molecule has 1 aliphatic carbocycles. The molecule has 1 saturated carbocycles. The molecule has 0 bridgehead atoms. The zero-order chi connectivity index (χ0) is 14.9. The van der Waals surface area contributed by atoms with Crippen LogP contribution in [0.4, 0.5) is 10.1 Å². The highest BCUT2D eigenvalue weighted by atomic mass is 19.1. The lowest BCUT2D eigenvalue weighted by Gasteiger charge is -2.34. The van der Waals surface area contributed by atoms with Crippen LogP contribution in [0.2, 0.25) is 0 Å². The Bertz CT molecular complexity index is 519. The summed E-state index contributed by atoms with van der Waals surface area (Å²) in [5.41, 5.74) is 11.2. The van der Waals surface area contributed by atoms with Crippen LogP contribution in [0.3, 0.4) is 0 Å². The summed E-state index contributed by atoms with van der Waals surface area (Å²) in [6.07, 6.45) is 3.81. The summed E-state index contributed by atoms with van der Waals surface area (Å²) in [5.74, 6) is -1.19. The van der Waals surface area contributed by atoms with Crippen LogP contribution < -0.4 is 16.2 Å². The van der Waals surface area contributed by atoms with E-state index >= 15 is 0 Å². The molecule has 0 saturated heterocycles. The fourth-order valence-electron chi connectivity index (χ4n) is 2.54. The quantitative estimate of drug-likeness (QED) is 0.836. The fourth-order valence-corrected chi connectivity index (χ4v) is 2.54. The summed E-state index contributed by atoms with van der Waals surface area (Å²) < 4.78 is 19.5. The normalized spacial score (nSPS) is 18.8. The Morgan fingerprint density at radius 1 is 1.35 bits per heavy atom. The summed E-state index contributed by atoms with van der Waals surface area (Å²) in [4.78, 5) is 11.2. The first kappa shape index (κ1) is 14.6. The van der Waals surface area contributed by atoms with E-state index in [1.807, 2.05) is 0 Å².